The van der Waals surface area contributed by atoms with Gasteiger partial charge < -0.3 is 9.32 Å². The van der Waals surface area contributed by atoms with Gasteiger partial charge in [0.05, 0.1) is 0 Å². The van der Waals surface area contributed by atoms with Crippen LogP contribution in [0.3, 0.4) is 0 Å². The maximum absolute atomic E-state index is 6.52. The first-order valence-electron chi connectivity index (χ1n) is 16.5. The average molecular weight is 645 g/mol. The van der Waals surface area contributed by atoms with Crippen LogP contribution in [0.1, 0.15) is 0 Å². The summed E-state index contributed by atoms with van der Waals surface area (Å²) in [7, 11) is 0. The van der Waals surface area contributed by atoms with E-state index < -0.39 is 0 Å². The molecule has 0 atom stereocenters. The molecule has 8 aromatic carbocycles. The zero-order chi connectivity index (χ0) is 32.3. The molecule has 0 aliphatic heterocycles. The van der Waals surface area contributed by atoms with Crippen molar-refractivity contribution in [1.82, 2.24) is 4.98 Å². The van der Waals surface area contributed by atoms with Crippen molar-refractivity contribution in [3.05, 3.63) is 170 Å². The molecular weight excluding hydrogens is 617 g/mol. The zero-order valence-corrected chi connectivity index (χ0v) is 27.2. The Kier molecular flexibility index (Phi) is 6.36. The molecule has 0 N–H and O–H groups in total. The number of para-hydroxylation sites is 1. The first-order valence-corrected chi connectivity index (χ1v) is 17.3. The van der Waals surface area contributed by atoms with Crippen LogP contribution in [0.4, 0.5) is 17.1 Å². The van der Waals surface area contributed by atoms with Crippen LogP contribution in [0.5, 0.6) is 0 Å². The Bertz CT molecular complexity index is 2810. The number of rotatable bonds is 5. The average Bonchev–Trinajstić information content (AvgIpc) is 3.77. The fourth-order valence-electron chi connectivity index (χ4n) is 7.08. The van der Waals surface area contributed by atoms with Crippen molar-refractivity contribution in [1.29, 1.82) is 0 Å². The predicted molar refractivity (Wildman–Crippen MR) is 207 cm³/mol. The van der Waals surface area contributed by atoms with Gasteiger partial charge in [-0.2, -0.15) is 0 Å². The van der Waals surface area contributed by atoms with Gasteiger partial charge in [0.25, 0.3) is 0 Å². The third-order valence-electron chi connectivity index (χ3n) is 9.49. The van der Waals surface area contributed by atoms with E-state index in [9.17, 15) is 0 Å². The Morgan fingerprint density at radius 2 is 1.06 bits per heavy atom. The monoisotopic (exact) mass is 644 g/mol. The third kappa shape index (κ3) is 4.68. The summed E-state index contributed by atoms with van der Waals surface area (Å²) >= 11 is 1.85. The van der Waals surface area contributed by atoms with Gasteiger partial charge in [-0.25, -0.2) is 4.98 Å². The number of hydrogen-bond acceptors (Lipinski definition) is 4. The molecule has 0 amide bonds. The van der Waals surface area contributed by atoms with Gasteiger partial charge in [0.1, 0.15) is 5.52 Å². The fourth-order valence-corrected chi connectivity index (χ4v) is 8.23. The molecule has 2 aromatic heterocycles. The van der Waals surface area contributed by atoms with Crippen molar-refractivity contribution in [3.63, 3.8) is 0 Å². The summed E-state index contributed by atoms with van der Waals surface area (Å²) in [4.78, 5) is 7.21. The number of hydrogen-bond donors (Lipinski definition) is 0. The van der Waals surface area contributed by atoms with Gasteiger partial charge in [0, 0.05) is 48.2 Å². The maximum Gasteiger partial charge on any atom is 0.227 e. The van der Waals surface area contributed by atoms with Gasteiger partial charge in [0.2, 0.25) is 5.89 Å². The smallest absolute Gasteiger partial charge is 0.227 e. The van der Waals surface area contributed by atoms with Crippen molar-refractivity contribution >= 4 is 81.2 Å². The molecule has 3 nitrogen and oxygen atoms in total. The third-order valence-corrected chi connectivity index (χ3v) is 10.6. The standard InChI is InChI=1S/C45H28N2OS/c1-2-9-34(10-3-1)47(35-22-16-29(17-23-35)33-20-26-39-38-12-6-7-13-41(38)49-42(39)28-33)36-24-18-32(19-25-36)45-46-40-27-21-31-15-14-30-8-4-5-11-37(30)43(31)44(40)48-45/h1-28H. The lowest BCUT2D eigenvalue weighted by Gasteiger charge is -2.25. The molecule has 2 heterocycles. The SMILES string of the molecule is c1ccc(N(c2ccc(-c3ccc4c(c3)sc3ccccc34)cc2)c2ccc(-c3nc4ccc5ccc6ccccc6c5c4o3)cc2)cc1. The van der Waals surface area contributed by atoms with Crippen molar-refractivity contribution in [3.8, 4) is 22.6 Å². The largest absolute Gasteiger partial charge is 0.435 e. The quantitative estimate of drug-likeness (QED) is 0.175. The molecule has 49 heavy (non-hydrogen) atoms. The lowest BCUT2D eigenvalue weighted by atomic mass is 10.0. The van der Waals surface area contributed by atoms with Crippen molar-refractivity contribution in [2.45, 2.75) is 0 Å². The van der Waals surface area contributed by atoms with Gasteiger partial charge in [-0.1, -0.05) is 103 Å². The fraction of sp³-hybridized carbons (Fsp3) is 0. The molecule has 230 valence electrons. The highest BCUT2D eigenvalue weighted by Gasteiger charge is 2.16. The molecule has 10 rings (SSSR count). The Morgan fingerprint density at radius 1 is 0.449 bits per heavy atom. The van der Waals surface area contributed by atoms with E-state index in [0.717, 1.165) is 44.5 Å². The van der Waals surface area contributed by atoms with Crippen LogP contribution >= 0.6 is 11.3 Å². The summed E-state index contributed by atoms with van der Waals surface area (Å²) in [6, 6.07) is 60.3. The van der Waals surface area contributed by atoms with E-state index in [1.807, 2.05) is 11.3 Å². The summed E-state index contributed by atoms with van der Waals surface area (Å²) < 4.78 is 9.16. The van der Waals surface area contributed by atoms with Crippen LogP contribution in [0.15, 0.2) is 174 Å². The lowest BCUT2D eigenvalue weighted by Crippen LogP contribution is -2.09. The van der Waals surface area contributed by atoms with Crippen LogP contribution < -0.4 is 4.90 Å². The first-order chi connectivity index (χ1) is 24.3. The second-order valence-corrected chi connectivity index (χ2v) is 13.5. The van der Waals surface area contributed by atoms with E-state index >= 15 is 0 Å². The number of oxazole rings is 1. The van der Waals surface area contributed by atoms with Gasteiger partial charge in [0.15, 0.2) is 5.58 Å². The van der Waals surface area contributed by atoms with Crippen molar-refractivity contribution < 1.29 is 4.42 Å². The zero-order valence-electron chi connectivity index (χ0n) is 26.4. The molecule has 0 bridgehead atoms. The minimum atomic E-state index is 0.619. The maximum atomic E-state index is 6.52. The van der Waals surface area contributed by atoms with E-state index in [1.54, 1.807) is 0 Å². The molecule has 0 saturated heterocycles. The second-order valence-electron chi connectivity index (χ2n) is 12.4. The molecule has 0 aliphatic carbocycles. The summed E-state index contributed by atoms with van der Waals surface area (Å²) in [5.41, 5.74) is 8.28. The number of thiophene rings is 1. The number of fused-ring (bicyclic) bond motifs is 8. The molecule has 0 unspecified atom stereocenters. The highest BCUT2D eigenvalue weighted by atomic mass is 32.1. The van der Waals surface area contributed by atoms with Gasteiger partial charge in [-0.05, 0) is 94.0 Å². The summed E-state index contributed by atoms with van der Waals surface area (Å²) in [5, 5.41) is 7.26. The highest BCUT2D eigenvalue weighted by molar-refractivity contribution is 7.25. The number of anilines is 3. The van der Waals surface area contributed by atoms with Crippen LogP contribution in [-0.4, -0.2) is 4.98 Å². The highest BCUT2D eigenvalue weighted by Crippen LogP contribution is 2.40. The minimum absolute atomic E-state index is 0.619. The Morgan fingerprint density at radius 3 is 1.88 bits per heavy atom. The van der Waals surface area contributed by atoms with Gasteiger partial charge in [-0.3, -0.25) is 0 Å². The normalized spacial score (nSPS) is 11.7. The Labute approximate surface area is 286 Å². The summed E-state index contributed by atoms with van der Waals surface area (Å²) in [6.07, 6.45) is 0. The van der Waals surface area contributed by atoms with Gasteiger partial charge >= 0.3 is 0 Å². The number of aromatic nitrogens is 1. The molecule has 10 aromatic rings. The molecule has 0 radical (unpaired) electrons. The minimum Gasteiger partial charge on any atom is -0.435 e. The Hall–Kier alpha value is -6.23. The summed E-state index contributed by atoms with van der Waals surface area (Å²) in [5.74, 6) is 0.619. The molecule has 4 heteroatoms. The van der Waals surface area contributed by atoms with Crippen molar-refractivity contribution in [2.24, 2.45) is 0 Å². The molecule has 0 spiro atoms. The van der Waals surface area contributed by atoms with E-state index in [2.05, 4.69) is 175 Å². The van der Waals surface area contributed by atoms with Crippen molar-refractivity contribution in [2.75, 3.05) is 4.90 Å². The van der Waals surface area contributed by atoms with E-state index in [4.69, 9.17) is 9.40 Å². The molecule has 0 aliphatic rings. The van der Waals surface area contributed by atoms with Crippen LogP contribution in [0.2, 0.25) is 0 Å². The van der Waals surface area contributed by atoms with Gasteiger partial charge in [-0.15, -0.1) is 11.3 Å². The lowest BCUT2D eigenvalue weighted by molar-refractivity contribution is 0.623. The van der Waals surface area contributed by atoms with Crippen LogP contribution in [0.25, 0.3) is 75.4 Å². The predicted octanol–water partition coefficient (Wildman–Crippen LogP) is 13.3. The second kappa shape index (κ2) is 11.2. The Balaban J connectivity index is 1.01. The van der Waals surface area contributed by atoms with E-state index in [-0.39, 0.29) is 0 Å². The van der Waals surface area contributed by atoms with Crippen LogP contribution in [-0.2, 0) is 0 Å². The van der Waals surface area contributed by atoms with E-state index in [0.29, 0.717) is 5.89 Å². The van der Waals surface area contributed by atoms with Crippen LogP contribution in [0, 0.1) is 0 Å². The molecular formula is C45H28N2OS. The molecule has 0 fully saturated rings. The summed E-state index contributed by atoms with van der Waals surface area (Å²) in [6.45, 7) is 0. The topological polar surface area (TPSA) is 29.3 Å². The number of nitrogens with zero attached hydrogens (tertiary/aromatic N) is 2. The van der Waals surface area contributed by atoms with E-state index in [1.165, 1.54) is 42.1 Å². The first kappa shape index (κ1) is 27.8. The number of benzene rings is 8. The molecule has 0 saturated carbocycles.